The van der Waals surface area contributed by atoms with E-state index in [4.69, 9.17) is 9.15 Å². The van der Waals surface area contributed by atoms with E-state index in [1.807, 2.05) is 6.08 Å². The van der Waals surface area contributed by atoms with Crippen LogP contribution in [0, 0.1) is 5.82 Å². The van der Waals surface area contributed by atoms with Crippen LogP contribution < -0.4 is 10.4 Å². The number of hydrogen-bond acceptors (Lipinski definition) is 3. The first-order chi connectivity index (χ1) is 14.2. The highest BCUT2D eigenvalue weighted by molar-refractivity contribution is 5.83. The van der Waals surface area contributed by atoms with Crippen LogP contribution in [0.25, 0.3) is 10.8 Å². The van der Waals surface area contributed by atoms with Crippen LogP contribution in [0.5, 0.6) is 5.75 Å². The molecule has 0 amide bonds. The molecule has 1 aromatic carbocycles. The Hall–Kier alpha value is -2.36. The molecular weight excluding hydrogens is 367 g/mol. The van der Waals surface area contributed by atoms with Crippen molar-refractivity contribution in [3.05, 3.63) is 65.0 Å². The molecule has 0 saturated heterocycles. The van der Waals surface area contributed by atoms with Gasteiger partial charge in [-0.05, 0) is 43.2 Å². The minimum atomic E-state index is -0.643. The van der Waals surface area contributed by atoms with E-state index < -0.39 is 11.4 Å². The van der Waals surface area contributed by atoms with Crippen molar-refractivity contribution < 1.29 is 13.5 Å². The Morgan fingerprint density at radius 3 is 2.62 bits per heavy atom. The van der Waals surface area contributed by atoms with Gasteiger partial charge in [-0.3, -0.25) is 0 Å². The fourth-order valence-electron chi connectivity index (χ4n) is 3.25. The second kappa shape index (κ2) is 13.0. The molecule has 1 aromatic heterocycles. The number of fused-ring (bicyclic) bond motifs is 1. The Bertz CT molecular complexity index is 851. The number of unbranched alkanes of at least 4 members (excludes halogenated alkanes) is 6. The number of benzene rings is 1. The first-order valence-corrected chi connectivity index (χ1v) is 10.8. The molecule has 0 aliphatic heterocycles. The summed E-state index contributed by atoms with van der Waals surface area (Å²) in [6, 6.07) is 5.08. The predicted octanol–water partition coefficient (Wildman–Crippen LogP) is 7.13. The SMILES string of the molecule is C=CCC/C=C/CCc1cc2ccc(OCCCCCCCC)c(F)c2c(=O)o1. The second-order valence-electron chi connectivity index (χ2n) is 7.33. The van der Waals surface area contributed by atoms with Crippen molar-refractivity contribution in [2.75, 3.05) is 6.61 Å². The molecule has 29 heavy (non-hydrogen) atoms. The van der Waals surface area contributed by atoms with Gasteiger partial charge in [0.05, 0.1) is 6.61 Å². The summed E-state index contributed by atoms with van der Waals surface area (Å²) < 4.78 is 25.7. The molecule has 0 bridgehead atoms. The molecule has 2 rings (SSSR count). The van der Waals surface area contributed by atoms with Crippen LogP contribution in [0.1, 0.15) is 70.5 Å². The van der Waals surface area contributed by atoms with Crippen molar-refractivity contribution in [1.82, 2.24) is 0 Å². The maximum Gasteiger partial charge on any atom is 0.346 e. The van der Waals surface area contributed by atoms with Crippen LogP contribution in [0.2, 0.25) is 0 Å². The van der Waals surface area contributed by atoms with Crippen LogP contribution in [0.3, 0.4) is 0 Å². The monoisotopic (exact) mass is 400 g/mol. The number of halogens is 1. The number of hydrogen-bond donors (Lipinski definition) is 0. The number of allylic oxidation sites excluding steroid dienone is 3. The van der Waals surface area contributed by atoms with Gasteiger partial charge < -0.3 is 9.15 Å². The average Bonchev–Trinajstić information content (AvgIpc) is 2.71. The smallest absolute Gasteiger partial charge is 0.346 e. The van der Waals surface area contributed by atoms with Crippen LogP contribution >= 0.6 is 0 Å². The standard InChI is InChI=1S/C25H33FO3/c1-3-5-7-9-11-13-15-21-19-20-16-17-22(24(26)23(20)25(27)29-21)28-18-14-12-10-8-6-4-2/h3,9,11,16-17,19H,1,4-8,10,12-15,18H2,2H3/b11-9+. The normalized spacial score (nSPS) is 11.4. The molecular formula is C25H33FO3. The van der Waals surface area contributed by atoms with E-state index in [-0.39, 0.29) is 11.1 Å². The Labute approximate surface area is 173 Å². The molecule has 0 aliphatic carbocycles. The first kappa shape index (κ1) is 22.9. The zero-order valence-electron chi connectivity index (χ0n) is 17.6. The lowest BCUT2D eigenvalue weighted by molar-refractivity contribution is 0.291. The van der Waals surface area contributed by atoms with Gasteiger partial charge >= 0.3 is 5.63 Å². The number of rotatable bonds is 14. The van der Waals surface area contributed by atoms with Crippen LogP contribution in [-0.2, 0) is 6.42 Å². The van der Waals surface area contributed by atoms with E-state index in [2.05, 4.69) is 25.7 Å². The third kappa shape index (κ3) is 7.52. The summed E-state index contributed by atoms with van der Waals surface area (Å²) in [4.78, 5) is 12.3. The highest BCUT2D eigenvalue weighted by Crippen LogP contribution is 2.25. The fourth-order valence-corrected chi connectivity index (χ4v) is 3.25. The molecule has 158 valence electrons. The lowest BCUT2D eigenvalue weighted by atomic mass is 10.1. The molecule has 0 fully saturated rings. The van der Waals surface area contributed by atoms with E-state index >= 15 is 0 Å². The number of aryl methyl sites for hydroxylation is 1. The first-order valence-electron chi connectivity index (χ1n) is 10.8. The highest BCUT2D eigenvalue weighted by atomic mass is 19.1. The summed E-state index contributed by atoms with van der Waals surface area (Å²) in [6.45, 7) is 6.33. The summed E-state index contributed by atoms with van der Waals surface area (Å²) in [5.41, 5.74) is -0.643. The molecule has 0 radical (unpaired) electrons. The molecule has 0 spiro atoms. The Morgan fingerprint density at radius 1 is 1.07 bits per heavy atom. The van der Waals surface area contributed by atoms with Crippen molar-refractivity contribution in [2.45, 2.75) is 71.1 Å². The van der Waals surface area contributed by atoms with Crippen molar-refractivity contribution in [2.24, 2.45) is 0 Å². The maximum absolute atomic E-state index is 14.8. The van der Waals surface area contributed by atoms with E-state index in [0.29, 0.717) is 24.2 Å². The fraction of sp³-hybridized carbons (Fsp3) is 0.480. The quantitative estimate of drug-likeness (QED) is 0.250. The van der Waals surface area contributed by atoms with Gasteiger partial charge in [0, 0.05) is 6.42 Å². The molecule has 1 heterocycles. The largest absolute Gasteiger partial charge is 0.490 e. The lowest BCUT2D eigenvalue weighted by Crippen LogP contribution is -2.07. The van der Waals surface area contributed by atoms with Crippen LogP contribution in [0.4, 0.5) is 4.39 Å². The zero-order chi connectivity index (χ0) is 20.9. The lowest BCUT2D eigenvalue weighted by Gasteiger charge is -2.09. The molecule has 0 unspecified atom stereocenters. The minimum absolute atomic E-state index is 0.0317. The van der Waals surface area contributed by atoms with Crippen molar-refractivity contribution in [3.8, 4) is 5.75 Å². The molecule has 0 aliphatic rings. The van der Waals surface area contributed by atoms with Gasteiger partial charge in [-0.25, -0.2) is 9.18 Å². The summed E-state index contributed by atoms with van der Waals surface area (Å²) in [7, 11) is 0. The number of ether oxygens (including phenoxy) is 1. The highest BCUT2D eigenvalue weighted by Gasteiger charge is 2.14. The van der Waals surface area contributed by atoms with Gasteiger partial charge in [0.25, 0.3) is 0 Å². The van der Waals surface area contributed by atoms with E-state index in [9.17, 15) is 9.18 Å². The predicted molar refractivity (Wildman–Crippen MR) is 118 cm³/mol. The summed E-state index contributed by atoms with van der Waals surface area (Å²) in [6.07, 6.45) is 16.1. The summed E-state index contributed by atoms with van der Waals surface area (Å²) in [5.74, 6) is 0.0605. The van der Waals surface area contributed by atoms with Gasteiger partial charge in [0.1, 0.15) is 11.1 Å². The Kier molecular flexibility index (Phi) is 10.3. The van der Waals surface area contributed by atoms with Gasteiger partial charge in [-0.2, -0.15) is 0 Å². The summed E-state index contributed by atoms with van der Waals surface area (Å²) >= 11 is 0. The average molecular weight is 401 g/mol. The molecule has 0 atom stereocenters. The maximum atomic E-state index is 14.8. The van der Waals surface area contributed by atoms with E-state index in [0.717, 1.165) is 32.1 Å². The second-order valence-corrected chi connectivity index (χ2v) is 7.33. The van der Waals surface area contributed by atoms with Gasteiger partial charge in [-0.15, -0.1) is 6.58 Å². The van der Waals surface area contributed by atoms with Gasteiger partial charge in [-0.1, -0.05) is 63.3 Å². The molecule has 0 N–H and O–H groups in total. The minimum Gasteiger partial charge on any atom is -0.490 e. The Morgan fingerprint density at radius 2 is 1.83 bits per heavy atom. The molecule has 0 saturated carbocycles. The third-order valence-electron chi connectivity index (χ3n) is 4.90. The van der Waals surface area contributed by atoms with Gasteiger partial charge in [0.2, 0.25) is 0 Å². The molecule has 2 aromatic rings. The zero-order valence-corrected chi connectivity index (χ0v) is 17.6. The van der Waals surface area contributed by atoms with E-state index in [1.165, 1.54) is 25.7 Å². The topological polar surface area (TPSA) is 39.4 Å². The van der Waals surface area contributed by atoms with Gasteiger partial charge in [0.15, 0.2) is 11.6 Å². The van der Waals surface area contributed by atoms with Crippen molar-refractivity contribution >= 4 is 10.8 Å². The van der Waals surface area contributed by atoms with Crippen molar-refractivity contribution in [3.63, 3.8) is 0 Å². The van der Waals surface area contributed by atoms with Crippen LogP contribution in [0.15, 0.2) is 52.2 Å². The van der Waals surface area contributed by atoms with Crippen LogP contribution in [-0.4, -0.2) is 6.61 Å². The molecule has 4 heteroatoms. The Balaban J connectivity index is 1.95. The van der Waals surface area contributed by atoms with E-state index in [1.54, 1.807) is 18.2 Å². The van der Waals surface area contributed by atoms with Crippen molar-refractivity contribution in [1.29, 1.82) is 0 Å². The summed E-state index contributed by atoms with van der Waals surface area (Å²) in [5, 5.41) is 0.520. The molecule has 3 nitrogen and oxygen atoms in total. The third-order valence-corrected chi connectivity index (χ3v) is 4.90.